The van der Waals surface area contributed by atoms with Gasteiger partial charge in [-0.2, -0.15) is 0 Å². The van der Waals surface area contributed by atoms with Crippen molar-refractivity contribution < 1.29 is 4.79 Å². The minimum atomic E-state index is 0.523. The van der Waals surface area contributed by atoms with E-state index in [4.69, 9.17) is 0 Å². The van der Waals surface area contributed by atoms with E-state index in [0.717, 1.165) is 32.1 Å². The standard InChI is InChI=1S/C16H25O/c1-4-5-6-10-15(2)12-9-13-16(3)11-7-8-14-17/h4-5,11-12H,6-10,13H2,1-3H3/b5-4+,15-12+,16-11+. The average molecular weight is 233 g/mol. The number of rotatable bonds is 9. The molecule has 0 aliphatic rings. The first kappa shape index (κ1) is 15.9. The first-order valence-corrected chi connectivity index (χ1v) is 6.48. The summed E-state index contributed by atoms with van der Waals surface area (Å²) in [6.45, 7) is 6.39. The normalized spacial score (nSPS) is 13.4. The zero-order chi connectivity index (χ0) is 12.9. The Morgan fingerprint density at radius 2 is 1.59 bits per heavy atom. The van der Waals surface area contributed by atoms with Crippen molar-refractivity contribution in [1.29, 1.82) is 0 Å². The third kappa shape index (κ3) is 11.2. The zero-order valence-electron chi connectivity index (χ0n) is 11.5. The van der Waals surface area contributed by atoms with Gasteiger partial charge in [0.1, 0.15) is 0 Å². The van der Waals surface area contributed by atoms with E-state index in [-0.39, 0.29) is 0 Å². The highest BCUT2D eigenvalue weighted by atomic mass is 16.1. The molecule has 0 spiro atoms. The molecule has 0 atom stereocenters. The molecule has 0 aliphatic heterocycles. The molecule has 0 fully saturated rings. The van der Waals surface area contributed by atoms with E-state index in [9.17, 15) is 4.79 Å². The van der Waals surface area contributed by atoms with Crippen LogP contribution in [0.3, 0.4) is 0 Å². The molecule has 17 heavy (non-hydrogen) atoms. The van der Waals surface area contributed by atoms with Gasteiger partial charge in [0.25, 0.3) is 0 Å². The van der Waals surface area contributed by atoms with Gasteiger partial charge in [-0.15, -0.1) is 0 Å². The lowest BCUT2D eigenvalue weighted by atomic mass is 10.1. The Morgan fingerprint density at radius 1 is 1.00 bits per heavy atom. The van der Waals surface area contributed by atoms with Crippen molar-refractivity contribution in [3.05, 3.63) is 35.5 Å². The summed E-state index contributed by atoms with van der Waals surface area (Å²) in [5.74, 6) is 0. The zero-order valence-corrected chi connectivity index (χ0v) is 11.5. The molecule has 1 radical (unpaired) electrons. The summed E-state index contributed by atoms with van der Waals surface area (Å²) in [5.41, 5.74) is 2.84. The van der Waals surface area contributed by atoms with Gasteiger partial charge >= 0.3 is 0 Å². The Bertz CT molecular complexity index is 282. The summed E-state index contributed by atoms with van der Waals surface area (Å²) < 4.78 is 0. The molecular formula is C16H25O. The highest BCUT2D eigenvalue weighted by molar-refractivity contribution is 5.50. The molecule has 0 N–H and O–H groups in total. The van der Waals surface area contributed by atoms with Crippen molar-refractivity contribution in [3.8, 4) is 0 Å². The van der Waals surface area contributed by atoms with Crippen LogP contribution in [0.25, 0.3) is 0 Å². The topological polar surface area (TPSA) is 17.1 Å². The van der Waals surface area contributed by atoms with Crippen LogP contribution in [0.1, 0.15) is 59.3 Å². The Balaban J connectivity index is 3.75. The van der Waals surface area contributed by atoms with E-state index in [1.807, 2.05) is 6.29 Å². The second-order valence-corrected chi connectivity index (χ2v) is 4.43. The molecule has 0 aromatic carbocycles. The monoisotopic (exact) mass is 233 g/mol. The van der Waals surface area contributed by atoms with E-state index in [1.165, 1.54) is 11.1 Å². The maximum absolute atomic E-state index is 10.0. The second kappa shape index (κ2) is 11.4. The van der Waals surface area contributed by atoms with Crippen LogP contribution in [0, 0.1) is 0 Å². The smallest absolute Gasteiger partial charge is 0.198 e. The van der Waals surface area contributed by atoms with Gasteiger partial charge in [0.05, 0.1) is 0 Å². The molecule has 0 unspecified atom stereocenters. The van der Waals surface area contributed by atoms with Gasteiger partial charge in [0.15, 0.2) is 6.29 Å². The van der Waals surface area contributed by atoms with E-state index < -0.39 is 0 Å². The SMILES string of the molecule is C/C=C/CC/C(C)=C/CC/C(C)=C/CC[C]=O. The predicted octanol–water partition coefficient (Wildman–Crippen LogP) is 4.91. The number of hydrogen-bond acceptors (Lipinski definition) is 1. The highest BCUT2D eigenvalue weighted by Gasteiger charge is 1.91. The largest absolute Gasteiger partial charge is 0.291 e. The van der Waals surface area contributed by atoms with Crippen molar-refractivity contribution >= 4 is 6.29 Å². The van der Waals surface area contributed by atoms with Crippen molar-refractivity contribution in [1.82, 2.24) is 0 Å². The van der Waals surface area contributed by atoms with Crippen LogP contribution in [0.5, 0.6) is 0 Å². The molecule has 0 rings (SSSR count). The molecule has 0 amide bonds. The average Bonchev–Trinajstić information content (AvgIpc) is 2.30. The predicted molar refractivity (Wildman–Crippen MR) is 75.7 cm³/mol. The first-order valence-electron chi connectivity index (χ1n) is 6.48. The van der Waals surface area contributed by atoms with Gasteiger partial charge in [-0.05, 0) is 52.9 Å². The lowest BCUT2D eigenvalue weighted by molar-refractivity contribution is 0.551. The molecular weight excluding hydrogens is 208 g/mol. The molecule has 1 nitrogen and oxygen atoms in total. The van der Waals surface area contributed by atoms with Crippen molar-refractivity contribution in [2.24, 2.45) is 0 Å². The van der Waals surface area contributed by atoms with E-state index in [0.29, 0.717) is 6.42 Å². The molecule has 95 valence electrons. The van der Waals surface area contributed by atoms with Gasteiger partial charge in [-0.1, -0.05) is 35.5 Å². The van der Waals surface area contributed by atoms with Gasteiger partial charge in [0.2, 0.25) is 0 Å². The van der Waals surface area contributed by atoms with Crippen LogP contribution >= 0.6 is 0 Å². The molecule has 0 aromatic heterocycles. The van der Waals surface area contributed by atoms with Crippen LogP contribution in [0.15, 0.2) is 35.5 Å². The van der Waals surface area contributed by atoms with Crippen molar-refractivity contribution in [2.45, 2.75) is 59.3 Å². The van der Waals surface area contributed by atoms with Crippen LogP contribution in [0.2, 0.25) is 0 Å². The number of carbonyl (C=O) groups excluding carboxylic acids is 1. The molecule has 0 bridgehead atoms. The third-order valence-corrected chi connectivity index (χ3v) is 2.71. The van der Waals surface area contributed by atoms with Crippen LogP contribution in [0.4, 0.5) is 0 Å². The summed E-state index contributed by atoms with van der Waals surface area (Å²) >= 11 is 0. The van der Waals surface area contributed by atoms with Crippen LogP contribution < -0.4 is 0 Å². The molecule has 0 saturated heterocycles. The molecule has 0 heterocycles. The fraction of sp³-hybridized carbons (Fsp3) is 0.562. The Kier molecular flexibility index (Phi) is 10.6. The number of allylic oxidation sites excluding steroid dienone is 6. The van der Waals surface area contributed by atoms with Crippen molar-refractivity contribution in [3.63, 3.8) is 0 Å². The van der Waals surface area contributed by atoms with Gasteiger partial charge in [-0.25, -0.2) is 0 Å². The maximum Gasteiger partial charge on any atom is 0.198 e. The fourth-order valence-electron chi connectivity index (χ4n) is 1.61. The maximum atomic E-state index is 10.0. The third-order valence-electron chi connectivity index (χ3n) is 2.71. The van der Waals surface area contributed by atoms with E-state index in [1.54, 1.807) is 0 Å². The first-order chi connectivity index (χ1) is 8.20. The van der Waals surface area contributed by atoms with Gasteiger partial charge in [-0.3, -0.25) is 4.79 Å². The molecule has 0 aromatic rings. The van der Waals surface area contributed by atoms with Crippen LogP contribution in [-0.4, -0.2) is 6.29 Å². The van der Waals surface area contributed by atoms with Gasteiger partial charge < -0.3 is 0 Å². The molecule has 1 heteroatoms. The lowest BCUT2D eigenvalue weighted by Gasteiger charge is -2.00. The van der Waals surface area contributed by atoms with Crippen molar-refractivity contribution in [2.75, 3.05) is 0 Å². The summed E-state index contributed by atoms with van der Waals surface area (Å²) in [6, 6.07) is 0. The Labute approximate surface area is 106 Å². The second-order valence-electron chi connectivity index (χ2n) is 4.43. The Morgan fingerprint density at radius 3 is 2.18 bits per heavy atom. The van der Waals surface area contributed by atoms with Gasteiger partial charge in [0, 0.05) is 6.42 Å². The quantitative estimate of drug-likeness (QED) is 0.408. The summed E-state index contributed by atoms with van der Waals surface area (Å²) in [5, 5.41) is 0. The Hall–Kier alpha value is -1.11. The minimum Gasteiger partial charge on any atom is -0.291 e. The molecule has 0 saturated carbocycles. The number of hydrogen-bond donors (Lipinski definition) is 0. The fourth-order valence-corrected chi connectivity index (χ4v) is 1.61. The minimum absolute atomic E-state index is 0.523. The number of unbranched alkanes of at least 4 members (excludes halogenated alkanes) is 1. The van der Waals surface area contributed by atoms with E-state index in [2.05, 4.69) is 45.1 Å². The highest BCUT2D eigenvalue weighted by Crippen LogP contribution is 2.11. The summed E-state index contributed by atoms with van der Waals surface area (Å²) in [4.78, 5) is 10.0. The summed E-state index contributed by atoms with van der Waals surface area (Å²) in [6.07, 6.45) is 16.6. The molecule has 0 aliphatic carbocycles. The van der Waals surface area contributed by atoms with E-state index >= 15 is 0 Å². The summed E-state index contributed by atoms with van der Waals surface area (Å²) in [7, 11) is 0. The van der Waals surface area contributed by atoms with Crippen LogP contribution in [-0.2, 0) is 4.79 Å². The lowest BCUT2D eigenvalue weighted by Crippen LogP contribution is -1.81.